The van der Waals surface area contributed by atoms with E-state index in [2.05, 4.69) is 25.2 Å². The van der Waals surface area contributed by atoms with E-state index in [1.165, 1.54) is 0 Å². The van der Waals surface area contributed by atoms with Crippen LogP contribution < -0.4 is 5.32 Å². The highest BCUT2D eigenvalue weighted by atomic mass is 35.5. The Labute approximate surface area is 119 Å². The minimum absolute atomic E-state index is 0.147. The average molecular weight is 279 g/mol. The van der Waals surface area contributed by atoms with Crippen molar-refractivity contribution in [1.29, 1.82) is 5.26 Å². The molecular weight excluding hydrogens is 260 g/mol. The number of halogens is 1. The van der Waals surface area contributed by atoms with Gasteiger partial charge >= 0.3 is 0 Å². The standard InChI is InChI=1S/C15H19ClN2O/c1-15(2)13(7-14(15)19-3)18-9-11-5-4-10(8-17)6-12(11)16/h4-6,13-14,18H,7,9H2,1-3H3. The van der Waals surface area contributed by atoms with Gasteiger partial charge in [-0.15, -0.1) is 0 Å². The lowest BCUT2D eigenvalue weighted by Gasteiger charge is -2.51. The highest BCUT2D eigenvalue weighted by Crippen LogP contribution is 2.42. The van der Waals surface area contributed by atoms with Crippen molar-refractivity contribution >= 4 is 11.6 Å². The van der Waals surface area contributed by atoms with Crippen LogP contribution in [0.4, 0.5) is 0 Å². The summed E-state index contributed by atoms with van der Waals surface area (Å²) < 4.78 is 5.44. The van der Waals surface area contributed by atoms with Crippen LogP contribution in [0, 0.1) is 16.7 Å². The van der Waals surface area contributed by atoms with Crippen molar-refractivity contribution in [2.24, 2.45) is 5.41 Å². The van der Waals surface area contributed by atoms with Crippen LogP contribution in [0.2, 0.25) is 5.02 Å². The van der Waals surface area contributed by atoms with Gasteiger partial charge in [-0.3, -0.25) is 0 Å². The second kappa shape index (κ2) is 5.50. The van der Waals surface area contributed by atoms with E-state index in [1.807, 2.05) is 6.07 Å². The third-order valence-corrected chi connectivity index (χ3v) is 4.54. The Morgan fingerprint density at radius 3 is 2.79 bits per heavy atom. The maximum Gasteiger partial charge on any atom is 0.0992 e. The molecule has 102 valence electrons. The predicted octanol–water partition coefficient (Wildman–Crippen LogP) is 3.11. The molecule has 1 saturated carbocycles. The smallest absolute Gasteiger partial charge is 0.0992 e. The Morgan fingerprint density at radius 1 is 1.53 bits per heavy atom. The topological polar surface area (TPSA) is 45.0 Å². The fraction of sp³-hybridized carbons (Fsp3) is 0.533. The number of methoxy groups -OCH3 is 1. The van der Waals surface area contributed by atoms with Crippen LogP contribution in [0.5, 0.6) is 0 Å². The minimum Gasteiger partial charge on any atom is -0.381 e. The second-order valence-corrected chi connectivity index (χ2v) is 6.04. The highest BCUT2D eigenvalue weighted by molar-refractivity contribution is 6.31. The summed E-state index contributed by atoms with van der Waals surface area (Å²) in [7, 11) is 1.76. The molecule has 1 fully saturated rings. The van der Waals surface area contributed by atoms with Gasteiger partial charge < -0.3 is 10.1 Å². The fourth-order valence-corrected chi connectivity index (χ4v) is 2.87. The first-order valence-electron chi connectivity index (χ1n) is 6.43. The van der Waals surface area contributed by atoms with E-state index >= 15 is 0 Å². The van der Waals surface area contributed by atoms with Gasteiger partial charge in [-0.1, -0.05) is 31.5 Å². The minimum atomic E-state index is 0.147. The number of hydrogen-bond acceptors (Lipinski definition) is 3. The SMILES string of the molecule is COC1CC(NCc2ccc(C#N)cc2Cl)C1(C)C. The molecule has 2 atom stereocenters. The summed E-state index contributed by atoms with van der Waals surface area (Å²) in [6.07, 6.45) is 1.35. The van der Waals surface area contributed by atoms with Gasteiger partial charge in [-0.05, 0) is 24.1 Å². The van der Waals surface area contributed by atoms with Crippen molar-refractivity contribution in [3.05, 3.63) is 34.3 Å². The van der Waals surface area contributed by atoms with E-state index in [4.69, 9.17) is 21.6 Å². The molecule has 0 aliphatic heterocycles. The summed E-state index contributed by atoms with van der Waals surface area (Å²) in [5, 5.41) is 13.0. The molecular formula is C15H19ClN2O. The molecule has 0 spiro atoms. The molecule has 3 nitrogen and oxygen atoms in total. The molecule has 1 N–H and O–H groups in total. The zero-order valence-corrected chi connectivity index (χ0v) is 12.3. The molecule has 0 bridgehead atoms. The van der Waals surface area contributed by atoms with E-state index in [-0.39, 0.29) is 5.41 Å². The third kappa shape index (κ3) is 2.76. The van der Waals surface area contributed by atoms with Crippen molar-refractivity contribution in [3.8, 4) is 6.07 Å². The first-order valence-corrected chi connectivity index (χ1v) is 6.81. The van der Waals surface area contributed by atoms with Crippen LogP contribution >= 0.6 is 11.6 Å². The summed E-state index contributed by atoms with van der Waals surface area (Å²) in [6, 6.07) is 7.94. The average Bonchev–Trinajstić information content (AvgIpc) is 2.39. The number of ether oxygens (including phenoxy) is 1. The van der Waals surface area contributed by atoms with Crippen molar-refractivity contribution in [1.82, 2.24) is 5.32 Å². The van der Waals surface area contributed by atoms with Gasteiger partial charge in [-0.25, -0.2) is 0 Å². The molecule has 1 aromatic carbocycles. The molecule has 2 unspecified atom stereocenters. The Balaban J connectivity index is 1.96. The van der Waals surface area contributed by atoms with Crippen LogP contribution in [0.15, 0.2) is 18.2 Å². The number of benzene rings is 1. The molecule has 4 heteroatoms. The van der Waals surface area contributed by atoms with Crippen LogP contribution in [0.3, 0.4) is 0 Å². The lowest BCUT2D eigenvalue weighted by Crippen LogP contribution is -2.60. The number of rotatable bonds is 4. The summed E-state index contributed by atoms with van der Waals surface area (Å²) in [5.41, 5.74) is 1.77. The number of hydrogen-bond donors (Lipinski definition) is 1. The first kappa shape index (κ1) is 14.3. The summed E-state index contributed by atoms with van der Waals surface area (Å²) in [5.74, 6) is 0. The number of nitriles is 1. The third-order valence-electron chi connectivity index (χ3n) is 4.18. The van der Waals surface area contributed by atoms with E-state index in [9.17, 15) is 0 Å². The fourth-order valence-electron chi connectivity index (χ4n) is 2.63. The Kier molecular flexibility index (Phi) is 4.15. The summed E-state index contributed by atoms with van der Waals surface area (Å²) >= 11 is 6.16. The van der Waals surface area contributed by atoms with E-state index in [0.717, 1.165) is 18.5 Å². The van der Waals surface area contributed by atoms with Gasteiger partial charge in [0.1, 0.15) is 0 Å². The predicted molar refractivity (Wildman–Crippen MR) is 76.0 cm³/mol. The molecule has 0 aromatic heterocycles. The number of nitrogens with zero attached hydrogens (tertiary/aromatic N) is 1. The van der Waals surface area contributed by atoms with Crippen LogP contribution in [-0.4, -0.2) is 19.3 Å². The lowest BCUT2D eigenvalue weighted by molar-refractivity contribution is -0.0979. The van der Waals surface area contributed by atoms with Crippen LogP contribution in [0.1, 0.15) is 31.4 Å². The van der Waals surface area contributed by atoms with Crippen LogP contribution in [0.25, 0.3) is 0 Å². The van der Waals surface area contributed by atoms with Gasteiger partial charge in [0.2, 0.25) is 0 Å². The molecule has 0 saturated heterocycles. The maximum atomic E-state index is 8.81. The van der Waals surface area contributed by atoms with Crippen molar-refractivity contribution in [2.45, 2.75) is 39.0 Å². The van der Waals surface area contributed by atoms with Crippen LogP contribution in [-0.2, 0) is 11.3 Å². The van der Waals surface area contributed by atoms with E-state index < -0.39 is 0 Å². The molecule has 0 heterocycles. The zero-order chi connectivity index (χ0) is 14.0. The lowest BCUT2D eigenvalue weighted by atomic mass is 9.64. The largest absolute Gasteiger partial charge is 0.381 e. The quantitative estimate of drug-likeness (QED) is 0.920. The molecule has 1 aliphatic carbocycles. The second-order valence-electron chi connectivity index (χ2n) is 5.63. The molecule has 0 radical (unpaired) electrons. The van der Waals surface area contributed by atoms with E-state index in [1.54, 1.807) is 19.2 Å². The Bertz CT molecular complexity index is 507. The van der Waals surface area contributed by atoms with Gasteiger partial charge in [-0.2, -0.15) is 5.26 Å². The highest BCUT2D eigenvalue weighted by Gasteiger charge is 2.48. The van der Waals surface area contributed by atoms with E-state index in [0.29, 0.717) is 22.7 Å². The Hall–Kier alpha value is -1.08. The molecule has 0 amide bonds. The zero-order valence-electron chi connectivity index (χ0n) is 11.5. The molecule has 1 aromatic rings. The van der Waals surface area contributed by atoms with Gasteiger partial charge in [0, 0.05) is 30.1 Å². The molecule has 19 heavy (non-hydrogen) atoms. The molecule has 1 aliphatic rings. The summed E-state index contributed by atoms with van der Waals surface area (Å²) in [6.45, 7) is 5.14. The molecule has 2 rings (SSSR count). The normalized spacial score (nSPS) is 24.6. The van der Waals surface area contributed by atoms with Crippen molar-refractivity contribution < 1.29 is 4.74 Å². The van der Waals surface area contributed by atoms with Gasteiger partial charge in [0.05, 0.1) is 17.7 Å². The maximum absolute atomic E-state index is 8.81. The van der Waals surface area contributed by atoms with Gasteiger partial charge in [0.25, 0.3) is 0 Å². The Morgan fingerprint density at radius 2 is 2.26 bits per heavy atom. The first-order chi connectivity index (χ1) is 8.98. The van der Waals surface area contributed by atoms with Crippen molar-refractivity contribution in [2.75, 3.05) is 7.11 Å². The monoisotopic (exact) mass is 278 g/mol. The summed E-state index contributed by atoms with van der Waals surface area (Å²) in [4.78, 5) is 0. The van der Waals surface area contributed by atoms with Crippen molar-refractivity contribution in [3.63, 3.8) is 0 Å². The van der Waals surface area contributed by atoms with Gasteiger partial charge in [0.15, 0.2) is 0 Å². The number of nitrogens with one attached hydrogen (secondary N) is 1.